The maximum absolute atomic E-state index is 13.6. The average Bonchev–Trinajstić information content (AvgIpc) is 2.41. The van der Waals surface area contributed by atoms with Crippen LogP contribution in [0.2, 0.25) is 5.02 Å². The first-order valence-corrected chi connectivity index (χ1v) is 6.29. The Balaban J connectivity index is 2.22. The summed E-state index contributed by atoms with van der Waals surface area (Å²) in [5.74, 6) is 0.236. The summed E-state index contributed by atoms with van der Waals surface area (Å²) in [6.07, 6.45) is 2.21. The Bertz CT molecular complexity index is 563. The van der Waals surface area contributed by atoms with Crippen LogP contribution in [0.1, 0.15) is 13.3 Å². The van der Waals surface area contributed by atoms with E-state index in [9.17, 15) is 4.39 Å². The van der Waals surface area contributed by atoms with Crippen molar-refractivity contribution in [2.75, 3.05) is 6.61 Å². The molecule has 0 unspecified atom stereocenters. The molecule has 2 aromatic rings. The molecule has 0 aliphatic carbocycles. The van der Waals surface area contributed by atoms with E-state index in [4.69, 9.17) is 21.1 Å². The van der Waals surface area contributed by atoms with Crippen molar-refractivity contribution in [1.29, 1.82) is 0 Å². The monoisotopic (exact) mass is 281 g/mol. The van der Waals surface area contributed by atoms with E-state index in [1.54, 1.807) is 18.2 Å². The third kappa shape index (κ3) is 3.58. The van der Waals surface area contributed by atoms with E-state index in [0.717, 1.165) is 12.5 Å². The smallest absolute Gasteiger partial charge is 0.256 e. The van der Waals surface area contributed by atoms with Crippen LogP contribution >= 0.6 is 11.6 Å². The van der Waals surface area contributed by atoms with E-state index in [-0.39, 0.29) is 10.9 Å². The summed E-state index contributed by atoms with van der Waals surface area (Å²) >= 11 is 5.64. The molecule has 0 saturated heterocycles. The van der Waals surface area contributed by atoms with Crippen molar-refractivity contribution in [3.8, 4) is 17.4 Å². The molecule has 1 aromatic carbocycles. The van der Waals surface area contributed by atoms with Gasteiger partial charge in [-0.15, -0.1) is 0 Å². The van der Waals surface area contributed by atoms with Gasteiger partial charge in [0.2, 0.25) is 0 Å². The molecule has 0 aliphatic rings. The van der Waals surface area contributed by atoms with E-state index in [0.29, 0.717) is 18.1 Å². The number of ether oxygens (including phenoxy) is 2. The van der Waals surface area contributed by atoms with Gasteiger partial charge in [-0.05, 0) is 24.6 Å². The highest BCUT2D eigenvalue weighted by Crippen LogP contribution is 2.32. The maximum Gasteiger partial charge on any atom is 0.256 e. The highest BCUT2D eigenvalue weighted by Gasteiger charge is 2.10. The van der Waals surface area contributed by atoms with Crippen LogP contribution in [0.15, 0.2) is 36.5 Å². The van der Waals surface area contributed by atoms with Crippen molar-refractivity contribution in [1.82, 2.24) is 4.98 Å². The van der Waals surface area contributed by atoms with Crippen LogP contribution in [0.3, 0.4) is 0 Å². The fourth-order valence-corrected chi connectivity index (χ4v) is 1.59. The summed E-state index contributed by atoms with van der Waals surface area (Å²) in [4.78, 5) is 3.81. The molecular weight excluding hydrogens is 269 g/mol. The van der Waals surface area contributed by atoms with Crippen molar-refractivity contribution in [3.63, 3.8) is 0 Å². The van der Waals surface area contributed by atoms with Crippen LogP contribution in [0.4, 0.5) is 4.39 Å². The summed E-state index contributed by atoms with van der Waals surface area (Å²) < 4.78 is 24.6. The Hall–Kier alpha value is -1.81. The fourth-order valence-electron chi connectivity index (χ4n) is 1.45. The topological polar surface area (TPSA) is 31.4 Å². The lowest BCUT2D eigenvalue weighted by Crippen LogP contribution is -1.98. The van der Waals surface area contributed by atoms with Crippen LogP contribution in [-0.4, -0.2) is 11.6 Å². The van der Waals surface area contributed by atoms with Gasteiger partial charge < -0.3 is 9.47 Å². The molecule has 0 aliphatic heterocycles. The Kier molecular flexibility index (Phi) is 4.58. The summed E-state index contributed by atoms with van der Waals surface area (Å²) in [5.41, 5.74) is 0. The Morgan fingerprint density at radius 2 is 2.00 bits per heavy atom. The number of halogens is 2. The number of para-hydroxylation sites is 2. The third-order valence-electron chi connectivity index (χ3n) is 2.29. The quantitative estimate of drug-likeness (QED) is 0.811. The van der Waals surface area contributed by atoms with Crippen molar-refractivity contribution in [2.24, 2.45) is 0 Å². The number of pyridine rings is 1. The molecule has 0 amide bonds. The predicted octanol–water partition coefficient (Wildman–Crippen LogP) is 4.46. The first-order valence-electron chi connectivity index (χ1n) is 5.91. The molecule has 19 heavy (non-hydrogen) atoms. The largest absolute Gasteiger partial charge is 0.490 e. The summed E-state index contributed by atoms with van der Waals surface area (Å²) in [6.45, 7) is 2.57. The molecule has 1 aromatic heterocycles. The number of nitrogens with zero attached hydrogens (tertiary/aromatic N) is 1. The molecule has 0 radical (unpaired) electrons. The lowest BCUT2D eigenvalue weighted by molar-refractivity contribution is 0.298. The zero-order valence-electron chi connectivity index (χ0n) is 10.4. The number of rotatable bonds is 5. The molecule has 0 fully saturated rings. The van der Waals surface area contributed by atoms with Gasteiger partial charge in [0.1, 0.15) is 0 Å². The van der Waals surface area contributed by atoms with Crippen LogP contribution in [0, 0.1) is 5.82 Å². The van der Waals surface area contributed by atoms with E-state index in [1.807, 2.05) is 13.0 Å². The van der Waals surface area contributed by atoms with Gasteiger partial charge in [-0.2, -0.15) is 0 Å². The van der Waals surface area contributed by atoms with Gasteiger partial charge in [0.25, 0.3) is 5.88 Å². The molecule has 0 spiro atoms. The van der Waals surface area contributed by atoms with Crippen LogP contribution in [0.25, 0.3) is 0 Å². The van der Waals surface area contributed by atoms with Gasteiger partial charge in [0.15, 0.2) is 17.3 Å². The molecule has 5 heteroatoms. The minimum absolute atomic E-state index is 0.128. The van der Waals surface area contributed by atoms with E-state index < -0.39 is 5.82 Å². The van der Waals surface area contributed by atoms with Gasteiger partial charge in [0.05, 0.1) is 11.6 Å². The van der Waals surface area contributed by atoms with Crippen molar-refractivity contribution >= 4 is 11.6 Å². The maximum atomic E-state index is 13.6. The lowest BCUT2D eigenvalue weighted by atomic mass is 10.3. The van der Waals surface area contributed by atoms with Crippen molar-refractivity contribution < 1.29 is 13.9 Å². The second-order valence-corrected chi connectivity index (χ2v) is 4.27. The van der Waals surface area contributed by atoms with E-state index in [2.05, 4.69) is 4.98 Å². The summed E-state index contributed by atoms with van der Waals surface area (Å²) in [6, 6.07) is 8.21. The highest BCUT2D eigenvalue weighted by atomic mass is 35.5. The number of hydrogen-bond donors (Lipinski definition) is 0. The average molecular weight is 282 g/mol. The van der Waals surface area contributed by atoms with Crippen molar-refractivity contribution in [2.45, 2.75) is 13.3 Å². The van der Waals surface area contributed by atoms with Gasteiger partial charge in [-0.1, -0.05) is 30.7 Å². The minimum Gasteiger partial charge on any atom is -0.490 e. The second-order valence-electron chi connectivity index (χ2n) is 3.84. The lowest BCUT2D eigenvalue weighted by Gasteiger charge is -2.11. The molecule has 0 atom stereocenters. The Morgan fingerprint density at radius 1 is 1.26 bits per heavy atom. The minimum atomic E-state index is -0.613. The number of benzene rings is 1. The summed E-state index contributed by atoms with van der Waals surface area (Å²) in [7, 11) is 0. The zero-order chi connectivity index (χ0) is 13.7. The molecule has 2 rings (SSSR count). The van der Waals surface area contributed by atoms with Gasteiger partial charge in [0, 0.05) is 6.20 Å². The van der Waals surface area contributed by atoms with Crippen LogP contribution in [0.5, 0.6) is 17.4 Å². The molecular formula is C14H13ClFNO2. The zero-order valence-corrected chi connectivity index (χ0v) is 11.2. The molecule has 0 N–H and O–H groups in total. The first kappa shape index (κ1) is 13.6. The Morgan fingerprint density at radius 3 is 2.68 bits per heavy atom. The second kappa shape index (κ2) is 6.38. The number of aromatic nitrogens is 1. The van der Waals surface area contributed by atoms with Gasteiger partial charge in [-0.25, -0.2) is 9.37 Å². The molecule has 1 heterocycles. The van der Waals surface area contributed by atoms with E-state index >= 15 is 0 Å². The van der Waals surface area contributed by atoms with Crippen molar-refractivity contribution in [3.05, 3.63) is 47.4 Å². The SMILES string of the molecule is CCCOc1ccccc1Oc1ncc(Cl)cc1F. The molecule has 100 valence electrons. The fraction of sp³-hybridized carbons (Fsp3) is 0.214. The normalized spacial score (nSPS) is 10.3. The molecule has 0 saturated carbocycles. The Labute approximate surface area is 115 Å². The first-order chi connectivity index (χ1) is 9.20. The van der Waals surface area contributed by atoms with Crippen LogP contribution < -0.4 is 9.47 Å². The van der Waals surface area contributed by atoms with Gasteiger partial charge in [-0.3, -0.25) is 0 Å². The molecule has 3 nitrogen and oxygen atoms in total. The number of hydrogen-bond acceptors (Lipinski definition) is 3. The van der Waals surface area contributed by atoms with E-state index in [1.165, 1.54) is 6.20 Å². The van der Waals surface area contributed by atoms with Crippen LogP contribution in [-0.2, 0) is 0 Å². The summed E-state index contributed by atoms with van der Waals surface area (Å²) in [5, 5.41) is 0.223. The third-order valence-corrected chi connectivity index (χ3v) is 2.50. The molecule has 0 bridgehead atoms. The van der Waals surface area contributed by atoms with Gasteiger partial charge >= 0.3 is 0 Å². The standard InChI is InChI=1S/C14H13ClFNO2/c1-2-7-18-12-5-3-4-6-13(12)19-14-11(16)8-10(15)9-17-14/h3-6,8-9H,2,7H2,1H3. The predicted molar refractivity (Wildman–Crippen MR) is 71.5 cm³/mol. The highest BCUT2D eigenvalue weighted by molar-refractivity contribution is 6.30.